The predicted molar refractivity (Wildman–Crippen MR) is 68.8 cm³/mol. The smallest absolute Gasteiger partial charge is 0.149 e. The number of nitrogen functional groups attached to an aromatic ring is 1. The van der Waals surface area contributed by atoms with E-state index < -0.39 is 0 Å². The van der Waals surface area contributed by atoms with Gasteiger partial charge in [0.2, 0.25) is 0 Å². The van der Waals surface area contributed by atoms with Gasteiger partial charge in [-0.3, -0.25) is 0 Å². The third-order valence-corrected chi connectivity index (χ3v) is 2.49. The van der Waals surface area contributed by atoms with E-state index in [9.17, 15) is 0 Å². The summed E-state index contributed by atoms with van der Waals surface area (Å²) in [5.74, 6) is 1.77. The monoisotopic (exact) mass is 231 g/mol. The Morgan fingerprint density at radius 2 is 2.29 bits per heavy atom. The van der Waals surface area contributed by atoms with Gasteiger partial charge < -0.3 is 16.0 Å². The van der Waals surface area contributed by atoms with Crippen LogP contribution in [0.2, 0.25) is 0 Å². The molecule has 0 bridgehead atoms. The van der Waals surface area contributed by atoms with Crippen LogP contribution >= 0.6 is 0 Å². The summed E-state index contributed by atoms with van der Waals surface area (Å²) >= 11 is 0. The number of hydrogen-bond acceptors (Lipinski definition) is 4. The fraction of sp³-hybridized carbons (Fsp3) is 0.333. The Bertz CT molecular complexity index is 464. The van der Waals surface area contributed by atoms with E-state index in [1.807, 2.05) is 25.4 Å². The quantitative estimate of drug-likeness (QED) is 0.685. The summed E-state index contributed by atoms with van der Waals surface area (Å²) in [6, 6.07) is 1.92. The van der Waals surface area contributed by atoms with Gasteiger partial charge in [-0.2, -0.15) is 0 Å². The summed E-state index contributed by atoms with van der Waals surface area (Å²) < 4.78 is 0. The number of H-pyrrole nitrogens is 1. The van der Waals surface area contributed by atoms with Crippen molar-refractivity contribution in [3.63, 3.8) is 0 Å². The highest BCUT2D eigenvalue weighted by Crippen LogP contribution is 2.15. The zero-order valence-electron chi connectivity index (χ0n) is 9.90. The number of aryl methyl sites for hydroxylation is 2. The fourth-order valence-electron chi connectivity index (χ4n) is 1.64. The fourth-order valence-corrected chi connectivity index (χ4v) is 1.64. The first-order chi connectivity index (χ1) is 8.25. The molecule has 2 aromatic heterocycles. The lowest BCUT2D eigenvalue weighted by atomic mass is 10.2. The number of rotatable bonds is 5. The van der Waals surface area contributed by atoms with E-state index >= 15 is 0 Å². The molecule has 0 fully saturated rings. The highest BCUT2D eigenvalue weighted by atomic mass is 15.0. The molecule has 0 unspecified atom stereocenters. The minimum Gasteiger partial charge on any atom is -0.396 e. The van der Waals surface area contributed by atoms with Crippen molar-refractivity contribution >= 4 is 11.5 Å². The van der Waals surface area contributed by atoms with Gasteiger partial charge in [-0.15, -0.1) is 0 Å². The molecule has 0 aromatic carbocycles. The average Bonchev–Trinajstić information content (AvgIpc) is 2.79. The lowest BCUT2D eigenvalue weighted by Gasteiger charge is -2.08. The molecule has 90 valence electrons. The van der Waals surface area contributed by atoms with Gasteiger partial charge in [0.25, 0.3) is 0 Å². The lowest BCUT2D eigenvalue weighted by Crippen LogP contribution is -2.07. The van der Waals surface area contributed by atoms with E-state index in [1.165, 1.54) is 0 Å². The van der Waals surface area contributed by atoms with Gasteiger partial charge in [-0.05, 0) is 25.0 Å². The Morgan fingerprint density at radius 1 is 1.41 bits per heavy atom. The molecule has 0 aliphatic carbocycles. The van der Waals surface area contributed by atoms with Crippen molar-refractivity contribution in [2.45, 2.75) is 19.8 Å². The van der Waals surface area contributed by atoms with Gasteiger partial charge in [-0.1, -0.05) is 0 Å². The first kappa shape index (κ1) is 11.4. The number of aromatic nitrogens is 3. The summed E-state index contributed by atoms with van der Waals surface area (Å²) in [5.41, 5.74) is 7.62. The second-order valence-electron chi connectivity index (χ2n) is 4.02. The molecular formula is C12H17N5. The maximum atomic E-state index is 5.85. The van der Waals surface area contributed by atoms with Crippen molar-refractivity contribution in [2.24, 2.45) is 0 Å². The van der Waals surface area contributed by atoms with Crippen molar-refractivity contribution < 1.29 is 0 Å². The molecule has 0 saturated carbocycles. The standard InChI is InChI=1S/C12H17N5/c1-9-7-10(13)12(17-8-9)16-4-2-3-11-14-5-6-15-11/h5-8H,2-4,13H2,1H3,(H,14,15)(H,16,17). The first-order valence-corrected chi connectivity index (χ1v) is 5.70. The minimum atomic E-state index is 0.697. The molecule has 5 nitrogen and oxygen atoms in total. The molecule has 17 heavy (non-hydrogen) atoms. The molecule has 0 aliphatic heterocycles. The van der Waals surface area contributed by atoms with E-state index in [1.54, 1.807) is 6.20 Å². The Hall–Kier alpha value is -2.04. The van der Waals surface area contributed by atoms with Gasteiger partial charge in [-0.25, -0.2) is 9.97 Å². The molecule has 2 heterocycles. The van der Waals surface area contributed by atoms with Crippen molar-refractivity contribution in [2.75, 3.05) is 17.6 Å². The molecule has 0 atom stereocenters. The average molecular weight is 231 g/mol. The van der Waals surface area contributed by atoms with Gasteiger partial charge >= 0.3 is 0 Å². The number of imidazole rings is 1. The van der Waals surface area contributed by atoms with Gasteiger partial charge in [0.05, 0.1) is 5.69 Å². The zero-order valence-corrected chi connectivity index (χ0v) is 9.90. The minimum absolute atomic E-state index is 0.697. The lowest BCUT2D eigenvalue weighted by molar-refractivity contribution is 0.814. The largest absolute Gasteiger partial charge is 0.396 e. The summed E-state index contributed by atoms with van der Waals surface area (Å²) in [4.78, 5) is 11.5. The number of aromatic amines is 1. The van der Waals surface area contributed by atoms with Gasteiger partial charge in [0, 0.05) is 31.6 Å². The predicted octanol–water partition coefficient (Wildman–Crippen LogP) is 1.74. The molecule has 5 heteroatoms. The molecular weight excluding hydrogens is 214 g/mol. The van der Waals surface area contributed by atoms with Crippen LogP contribution < -0.4 is 11.1 Å². The number of nitrogens with two attached hydrogens (primary N) is 1. The molecule has 0 amide bonds. The van der Waals surface area contributed by atoms with Crippen LogP contribution in [0.25, 0.3) is 0 Å². The van der Waals surface area contributed by atoms with Crippen molar-refractivity contribution in [1.29, 1.82) is 0 Å². The zero-order chi connectivity index (χ0) is 12.1. The van der Waals surface area contributed by atoms with Crippen LogP contribution in [0.1, 0.15) is 17.8 Å². The number of nitrogens with one attached hydrogen (secondary N) is 2. The number of nitrogens with zero attached hydrogens (tertiary/aromatic N) is 2. The van der Waals surface area contributed by atoms with Crippen LogP contribution in [0.3, 0.4) is 0 Å². The van der Waals surface area contributed by atoms with Crippen LogP contribution in [-0.2, 0) is 6.42 Å². The summed E-state index contributed by atoms with van der Waals surface area (Å²) in [5, 5.41) is 3.22. The van der Waals surface area contributed by atoms with Gasteiger partial charge in [0.15, 0.2) is 0 Å². The van der Waals surface area contributed by atoms with Crippen LogP contribution in [-0.4, -0.2) is 21.5 Å². The normalized spacial score (nSPS) is 10.4. The molecule has 2 rings (SSSR count). The highest BCUT2D eigenvalue weighted by molar-refractivity contribution is 5.61. The summed E-state index contributed by atoms with van der Waals surface area (Å²) in [6.07, 6.45) is 7.32. The molecule has 0 saturated heterocycles. The Balaban J connectivity index is 1.78. The molecule has 0 aliphatic rings. The Labute approximate surface area is 100 Å². The SMILES string of the molecule is Cc1cnc(NCCCc2ncc[nH]2)c(N)c1. The summed E-state index contributed by atoms with van der Waals surface area (Å²) in [6.45, 7) is 2.81. The third kappa shape index (κ3) is 3.21. The molecule has 4 N–H and O–H groups in total. The summed E-state index contributed by atoms with van der Waals surface area (Å²) in [7, 11) is 0. The van der Waals surface area contributed by atoms with Crippen LogP contribution in [0.15, 0.2) is 24.7 Å². The van der Waals surface area contributed by atoms with Crippen molar-refractivity contribution in [1.82, 2.24) is 15.0 Å². The molecule has 0 spiro atoms. The third-order valence-electron chi connectivity index (χ3n) is 2.49. The first-order valence-electron chi connectivity index (χ1n) is 5.70. The van der Waals surface area contributed by atoms with E-state index in [-0.39, 0.29) is 0 Å². The molecule has 0 radical (unpaired) electrons. The maximum Gasteiger partial charge on any atom is 0.149 e. The van der Waals surface area contributed by atoms with Gasteiger partial charge in [0.1, 0.15) is 11.6 Å². The van der Waals surface area contributed by atoms with E-state index in [4.69, 9.17) is 5.73 Å². The maximum absolute atomic E-state index is 5.85. The van der Waals surface area contributed by atoms with Crippen LogP contribution in [0.5, 0.6) is 0 Å². The van der Waals surface area contributed by atoms with Crippen LogP contribution in [0, 0.1) is 6.92 Å². The number of hydrogen-bond donors (Lipinski definition) is 3. The van der Waals surface area contributed by atoms with E-state index in [0.29, 0.717) is 5.69 Å². The Morgan fingerprint density at radius 3 is 3.00 bits per heavy atom. The van der Waals surface area contributed by atoms with E-state index in [0.717, 1.165) is 36.6 Å². The van der Waals surface area contributed by atoms with Crippen molar-refractivity contribution in [3.05, 3.63) is 36.0 Å². The van der Waals surface area contributed by atoms with Crippen LogP contribution in [0.4, 0.5) is 11.5 Å². The number of anilines is 2. The highest BCUT2D eigenvalue weighted by Gasteiger charge is 2.00. The topological polar surface area (TPSA) is 79.6 Å². The second-order valence-corrected chi connectivity index (χ2v) is 4.02. The van der Waals surface area contributed by atoms with E-state index in [2.05, 4.69) is 20.3 Å². The second kappa shape index (κ2) is 5.34. The Kier molecular flexibility index (Phi) is 3.59. The van der Waals surface area contributed by atoms with Crippen molar-refractivity contribution in [3.8, 4) is 0 Å². The number of pyridine rings is 1. The molecule has 2 aromatic rings.